The molecule has 1 aromatic rings. The van der Waals surface area contributed by atoms with Gasteiger partial charge in [-0.3, -0.25) is 4.98 Å². The molecule has 1 rings (SSSR count). The van der Waals surface area contributed by atoms with Crippen LogP contribution in [0.5, 0.6) is 0 Å². The molecule has 0 spiro atoms. The number of pyridine rings is 1. The highest BCUT2D eigenvalue weighted by atomic mass is 14.8. The molecular formula is C14H23N3. The van der Waals surface area contributed by atoms with Crippen molar-refractivity contribution < 1.29 is 0 Å². The molecule has 0 bridgehead atoms. The fourth-order valence-corrected chi connectivity index (χ4v) is 1.63. The standard InChI is InChI=1S/C14H23N3/c1-11(2)9-16-7-4-5-12(3)13-10-17-8-6-14(13)15/h5-6,8,10-11,16H,4,7,9H2,1-3H3,(H2,15,17). The highest BCUT2D eigenvalue weighted by molar-refractivity contribution is 5.72. The number of anilines is 1. The molecule has 0 saturated carbocycles. The highest BCUT2D eigenvalue weighted by Gasteiger charge is 2.00. The zero-order valence-corrected chi connectivity index (χ0v) is 11.0. The molecule has 3 heteroatoms. The second-order valence-electron chi connectivity index (χ2n) is 4.74. The quantitative estimate of drug-likeness (QED) is 0.743. The van der Waals surface area contributed by atoms with Crippen LogP contribution in [0.3, 0.4) is 0 Å². The Kier molecular flexibility index (Phi) is 5.70. The minimum Gasteiger partial charge on any atom is -0.398 e. The lowest BCUT2D eigenvalue weighted by Crippen LogP contribution is -2.20. The van der Waals surface area contributed by atoms with Gasteiger partial charge in [0, 0.05) is 23.6 Å². The fraction of sp³-hybridized carbons (Fsp3) is 0.500. The van der Waals surface area contributed by atoms with Gasteiger partial charge in [-0.05, 0) is 44.0 Å². The zero-order chi connectivity index (χ0) is 12.7. The van der Waals surface area contributed by atoms with E-state index in [1.165, 1.54) is 5.57 Å². The van der Waals surface area contributed by atoms with Crippen LogP contribution in [-0.4, -0.2) is 18.1 Å². The van der Waals surface area contributed by atoms with Gasteiger partial charge in [-0.15, -0.1) is 0 Å². The zero-order valence-electron chi connectivity index (χ0n) is 11.0. The van der Waals surface area contributed by atoms with Gasteiger partial charge >= 0.3 is 0 Å². The Hall–Kier alpha value is -1.35. The molecule has 17 heavy (non-hydrogen) atoms. The topological polar surface area (TPSA) is 50.9 Å². The predicted octanol–water partition coefficient (Wildman–Crippen LogP) is 2.70. The lowest BCUT2D eigenvalue weighted by Gasteiger charge is -2.07. The van der Waals surface area contributed by atoms with Crippen LogP contribution in [0.25, 0.3) is 5.57 Å². The smallest absolute Gasteiger partial charge is 0.0421 e. The van der Waals surface area contributed by atoms with E-state index in [0.717, 1.165) is 30.8 Å². The van der Waals surface area contributed by atoms with Crippen molar-refractivity contribution in [2.24, 2.45) is 5.92 Å². The summed E-state index contributed by atoms with van der Waals surface area (Å²) in [4.78, 5) is 4.10. The molecule has 3 nitrogen and oxygen atoms in total. The molecule has 0 aliphatic rings. The van der Waals surface area contributed by atoms with E-state index in [-0.39, 0.29) is 0 Å². The van der Waals surface area contributed by atoms with Gasteiger partial charge in [0.25, 0.3) is 0 Å². The molecule has 0 aliphatic carbocycles. The van der Waals surface area contributed by atoms with Crippen LogP contribution in [0.1, 0.15) is 32.8 Å². The summed E-state index contributed by atoms with van der Waals surface area (Å²) in [6.07, 6.45) is 6.77. The van der Waals surface area contributed by atoms with Crippen LogP contribution in [0.4, 0.5) is 5.69 Å². The van der Waals surface area contributed by atoms with Crippen LogP contribution < -0.4 is 11.1 Å². The normalized spacial score (nSPS) is 12.1. The molecule has 0 amide bonds. The summed E-state index contributed by atoms with van der Waals surface area (Å²) in [5.41, 5.74) is 8.92. The number of hydrogen-bond donors (Lipinski definition) is 2. The lowest BCUT2D eigenvalue weighted by molar-refractivity contribution is 0.557. The van der Waals surface area contributed by atoms with Crippen LogP contribution in [0.15, 0.2) is 24.5 Å². The minimum absolute atomic E-state index is 0.703. The molecule has 94 valence electrons. The summed E-state index contributed by atoms with van der Waals surface area (Å²) >= 11 is 0. The van der Waals surface area contributed by atoms with Crippen molar-refractivity contribution >= 4 is 11.3 Å². The van der Waals surface area contributed by atoms with Crippen LogP contribution in [0, 0.1) is 5.92 Å². The van der Waals surface area contributed by atoms with E-state index in [2.05, 4.69) is 37.1 Å². The molecule has 0 aliphatic heterocycles. The molecular weight excluding hydrogens is 210 g/mol. The first-order valence-corrected chi connectivity index (χ1v) is 6.18. The largest absolute Gasteiger partial charge is 0.398 e. The van der Waals surface area contributed by atoms with Gasteiger partial charge in [-0.1, -0.05) is 19.9 Å². The molecule has 0 radical (unpaired) electrons. The maximum Gasteiger partial charge on any atom is 0.0421 e. The number of nitrogen functional groups attached to an aromatic ring is 1. The van der Waals surface area contributed by atoms with Crippen molar-refractivity contribution in [1.82, 2.24) is 10.3 Å². The number of aromatic nitrogens is 1. The van der Waals surface area contributed by atoms with Crippen molar-refractivity contribution in [2.75, 3.05) is 18.8 Å². The molecule has 3 N–H and O–H groups in total. The fourth-order valence-electron chi connectivity index (χ4n) is 1.63. The summed E-state index contributed by atoms with van der Waals surface area (Å²) in [6.45, 7) is 8.59. The van der Waals surface area contributed by atoms with Gasteiger partial charge in [0.2, 0.25) is 0 Å². The van der Waals surface area contributed by atoms with Crippen LogP contribution in [-0.2, 0) is 0 Å². The van der Waals surface area contributed by atoms with Gasteiger partial charge in [0.05, 0.1) is 0 Å². The average molecular weight is 233 g/mol. The van der Waals surface area contributed by atoms with Gasteiger partial charge in [0.15, 0.2) is 0 Å². The second kappa shape index (κ2) is 7.07. The van der Waals surface area contributed by atoms with Crippen molar-refractivity contribution in [2.45, 2.75) is 27.2 Å². The first-order chi connectivity index (χ1) is 8.11. The number of rotatable bonds is 6. The van der Waals surface area contributed by atoms with Gasteiger partial charge < -0.3 is 11.1 Å². The van der Waals surface area contributed by atoms with Crippen LogP contribution >= 0.6 is 0 Å². The van der Waals surface area contributed by atoms with E-state index in [0.29, 0.717) is 5.92 Å². The summed E-state index contributed by atoms with van der Waals surface area (Å²) in [5, 5.41) is 3.41. The van der Waals surface area contributed by atoms with Gasteiger partial charge in [-0.2, -0.15) is 0 Å². The van der Waals surface area contributed by atoms with Crippen molar-refractivity contribution in [3.05, 3.63) is 30.1 Å². The minimum atomic E-state index is 0.703. The van der Waals surface area contributed by atoms with Crippen LogP contribution in [0.2, 0.25) is 0 Å². The molecule has 0 atom stereocenters. The summed E-state index contributed by atoms with van der Waals surface area (Å²) in [6, 6.07) is 1.84. The molecule has 1 aromatic heterocycles. The summed E-state index contributed by atoms with van der Waals surface area (Å²) < 4.78 is 0. The van der Waals surface area contributed by atoms with E-state index in [4.69, 9.17) is 5.73 Å². The van der Waals surface area contributed by atoms with E-state index >= 15 is 0 Å². The monoisotopic (exact) mass is 233 g/mol. The number of nitrogens with zero attached hydrogens (tertiary/aromatic N) is 1. The highest BCUT2D eigenvalue weighted by Crippen LogP contribution is 2.19. The number of allylic oxidation sites excluding steroid dienone is 1. The third kappa shape index (κ3) is 5.00. The SMILES string of the molecule is CC(=CCCNCC(C)C)c1cnccc1N. The number of nitrogens with one attached hydrogen (secondary N) is 1. The molecule has 0 unspecified atom stereocenters. The van der Waals surface area contributed by atoms with Gasteiger partial charge in [-0.25, -0.2) is 0 Å². The van der Waals surface area contributed by atoms with Crippen molar-refractivity contribution in [1.29, 1.82) is 0 Å². The molecule has 1 heterocycles. The first kappa shape index (κ1) is 13.7. The Morgan fingerprint density at radius 2 is 2.29 bits per heavy atom. The van der Waals surface area contributed by atoms with E-state index in [1.54, 1.807) is 6.20 Å². The summed E-state index contributed by atoms with van der Waals surface area (Å²) in [7, 11) is 0. The Balaban J connectivity index is 2.42. The Morgan fingerprint density at radius 3 is 2.94 bits per heavy atom. The average Bonchev–Trinajstić information content (AvgIpc) is 2.28. The van der Waals surface area contributed by atoms with Crippen molar-refractivity contribution in [3.8, 4) is 0 Å². The number of hydrogen-bond acceptors (Lipinski definition) is 3. The maximum absolute atomic E-state index is 5.90. The third-order valence-corrected chi connectivity index (χ3v) is 2.60. The van der Waals surface area contributed by atoms with E-state index in [9.17, 15) is 0 Å². The van der Waals surface area contributed by atoms with E-state index in [1.807, 2.05) is 12.3 Å². The Bertz CT molecular complexity index is 369. The number of nitrogens with two attached hydrogens (primary N) is 1. The lowest BCUT2D eigenvalue weighted by atomic mass is 10.1. The van der Waals surface area contributed by atoms with E-state index < -0.39 is 0 Å². The van der Waals surface area contributed by atoms with Gasteiger partial charge in [0.1, 0.15) is 0 Å². The predicted molar refractivity (Wildman–Crippen MR) is 74.6 cm³/mol. The molecule has 0 aromatic carbocycles. The third-order valence-electron chi connectivity index (χ3n) is 2.60. The second-order valence-corrected chi connectivity index (χ2v) is 4.74. The molecule has 0 saturated heterocycles. The first-order valence-electron chi connectivity index (χ1n) is 6.18. The summed E-state index contributed by atoms with van der Waals surface area (Å²) in [5.74, 6) is 0.703. The van der Waals surface area contributed by atoms with Crippen molar-refractivity contribution in [3.63, 3.8) is 0 Å². The maximum atomic E-state index is 5.90. The molecule has 0 fully saturated rings. The Morgan fingerprint density at radius 1 is 1.53 bits per heavy atom. The Labute approximate surface area is 104 Å².